The van der Waals surface area contributed by atoms with E-state index in [1.165, 1.54) is 6.33 Å². The van der Waals surface area contributed by atoms with Gasteiger partial charge in [0.2, 0.25) is 0 Å². The fourth-order valence-corrected chi connectivity index (χ4v) is 1.76. The summed E-state index contributed by atoms with van der Waals surface area (Å²) in [6, 6.07) is 0. The summed E-state index contributed by atoms with van der Waals surface area (Å²) >= 11 is 5.84. The van der Waals surface area contributed by atoms with Crippen LogP contribution in [0.15, 0.2) is 6.33 Å². The van der Waals surface area contributed by atoms with Crippen LogP contribution < -0.4 is 10.6 Å². The number of aromatic nitrogens is 2. The van der Waals surface area contributed by atoms with Gasteiger partial charge in [0.1, 0.15) is 12.0 Å². The summed E-state index contributed by atoms with van der Waals surface area (Å²) in [5.74, 6) is 0.699. The lowest BCUT2D eigenvalue weighted by Gasteiger charge is -2.32. The van der Waals surface area contributed by atoms with Crippen molar-refractivity contribution in [1.29, 1.82) is 0 Å². The van der Waals surface area contributed by atoms with Crippen molar-refractivity contribution in [3.63, 3.8) is 0 Å². The molecule has 0 radical (unpaired) electrons. The highest BCUT2D eigenvalue weighted by Gasteiger charge is 2.20. The van der Waals surface area contributed by atoms with Gasteiger partial charge in [-0.05, 0) is 6.92 Å². The molecule has 0 aliphatic carbocycles. The quantitative estimate of drug-likeness (QED) is 0.725. The molecular weight excluding hydrogens is 216 g/mol. The van der Waals surface area contributed by atoms with Crippen LogP contribution in [-0.2, 0) is 4.74 Å². The third-order valence-corrected chi connectivity index (χ3v) is 2.66. The minimum Gasteiger partial charge on any atom is -0.393 e. The Balaban J connectivity index is 2.24. The highest BCUT2D eigenvalue weighted by molar-refractivity contribution is 6.32. The molecule has 82 valence electrons. The van der Waals surface area contributed by atoms with Crippen LogP contribution in [0.1, 0.15) is 6.92 Å². The van der Waals surface area contributed by atoms with Crippen LogP contribution in [0.5, 0.6) is 0 Å². The van der Waals surface area contributed by atoms with Gasteiger partial charge in [0.15, 0.2) is 11.0 Å². The normalized spacial score (nSPS) is 21.7. The van der Waals surface area contributed by atoms with Crippen molar-refractivity contribution in [3.05, 3.63) is 11.5 Å². The minimum absolute atomic E-state index is 0.187. The van der Waals surface area contributed by atoms with E-state index in [1.807, 2.05) is 6.92 Å². The van der Waals surface area contributed by atoms with Gasteiger partial charge in [-0.15, -0.1) is 0 Å². The molecule has 0 amide bonds. The first-order chi connectivity index (χ1) is 7.18. The number of nitrogens with two attached hydrogens (primary N) is 1. The molecule has 2 N–H and O–H groups in total. The highest BCUT2D eigenvalue weighted by atomic mass is 35.5. The summed E-state index contributed by atoms with van der Waals surface area (Å²) in [4.78, 5) is 10.0. The first kappa shape index (κ1) is 10.4. The average molecular weight is 229 g/mol. The van der Waals surface area contributed by atoms with Gasteiger partial charge in [-0.1, -0.05) is 11.6 Å². The number of nitrogen functional groups attached to an aromatic ring is 1. The summed E-state index contributed by atoms with van der Waals surface area (Å²) in [5, 5.41) is 0.305. The molecule has 2 rings (SSSR count). The Morgan fingerprint density at radius 3 is 3.13 bits per heavy atom. The Bertz CT molecular complexity index is 360. The predicted octanol–water partition coefficient (Wildman–Crippen LogP) is 0.937. The van der Waals surface area contributed by atoms with Crippen LogP contribution in [-0.4, -0.2) is 35.8 Å². The molecule has 0 bridgehead atoms. The Labute approximate surface area is 93.2 Å². The number of hydrogen-bond acceptors (Lipinski definition) is 5. The molecule has 1 aliphatic heterocycles. The standard InChI is InChI=1S/C9H13ClN4O/c1-6-4-14(2-3-15-6)9-7(11)8(10)12-5-13-9/h5-6H,2-4,11H2,1H3. The van der Waals surface area contributed by atoms with Crippen molar-refractivity contribution in [2.75, 3.05) is 30.3 Å². The SMILES string of the molecule is CC1CN(c2ncnc(Cl)c2N)CCO1. The molecule has 6 heteroatoms. The van der Waals surface area contributed by atoms with E-state index in [2.05, 4.69) is 14.9 Å². The number of nitrogens with zero attached hydrogens (tertiary/aromatic N) is 3. The van der Waals surface area contributed by atoms with Crippen molar-refractivity contribution in [2.45, 2.75) is 13.0 Å². The maximum absolute atomic E-state index is 5.84. The van der Waals surface area contributed by atoms with Crippen molar-refractivity contribution in [1.82, 2.24) is 9.97 Å². The van der Waals surface area contributed by atoms with E-state index in [9.17, 15) is 0 Å². The second-order valence-electron chi connectivity index (χ2n) is 3.53. The van der Waals surface area contributed by atoms with E-state index in [0.717, 1.165) is 13.1 Å². The highest BCUT2D eigenvalue weighted by Crippen LogP contribution is 2.26. The smallest absolute Gasteiger partial charge is 0.157 e. The van der Waals surface area contributed by atoms with Crippen LogP contribution in [0.25, 0.3) is 0 Å². The Morgan fingerprint density at radius 2 is 2.40 bits per heavy atom. The predicted molar refractivity (Wildman–Crippen MR) is 59.1 cm³/mol. The number of anilines is 2. The zero-order valence-corrected chi connectivity index (χ0v) is 9.24. The summed E-state index contributed by atoms with van der Waals surface area (Å²) in [7, 11) is 0. The van der Waals surface area contributed by atoms with E-state index in [4.69, 9.17) is 22.1 Å². The van der Waals surface area contributed by atoms with E-state index in [1.54, 1.807) is 0 Å². The van der Waals surface area contributed by atoms with E-state index >= 15 is 0 Å². The number of halogens is 1. The molecule has 0 aromatic carbocycles. The van der Waals surface area contributed by atoms with E-state index < -0.39 is 0 Å². The first-order valence-corrected chi connectivity index (χ1v) is 5.19. The number of morpholine rings is 1. The lowest BCUT2D eigenvalue weighted by molar-refractivity contribution is 0.0530. The molecule has 15 heavy (non-hydrogen) atoms. The van der Waals surface area contributed by atoms with Crippen molar-refractivity contribution < 1.29 is 4.74 Å². The van der Waals surface area contributed by atoms with Gasteiger partial charge in [0.25, 0.3) is 0 Å². The van der Waals surface area contributed by atoms with Crippen LogP contribution >= 0.6 is 11.6 Å². The lowest BCUT2D eigenvalue weighted by atomic mass is 10.3. The second-order valence-corrected chi connectivity index (χ2v) is 3.89. The van der Waals surface area contributed by atoms with Gasteiger partial charge < -0.3 is 15.4 Å². The average Bonchev–Trinajstić information content (AvgIpc) is 2.22. The molecule has 1 saturated heterocycles. The van der Waals surface area contributed by atoms with Crippen LogP contribution in [0.3, 0.4) is 0 Å². The second kappa shape index (κ2) is 4.20. The molecule has 0 saturated carbocycles. The molecule has 1 atom stereocenters. The summed E-state index contributed by atoms with van der Waals surface area (Å²) in [6.07, 6.45) is 1.61. The molecule has 0 spiro atoms. The zero-order valence-electron chi connectivity index (χ0n) is 8.48. The number of rotatable bonds is 1. The van der Waals surface area contributed by atoms with Gasteiger partial charge in [-0.2, -0.15) is 0 Å². The van der Waals surface area contributed by atoms with E-state index in [-0.39, 0.29) is 6.10 Å². The topological polar surface area (TPSA) is 64.3 Å². The minimum atomic E-state index is 0.187. The van der Waals surface area contributed by atoms with Crippen LogP contribution in [0.2, 0.25) is 5.15 Å². The van der Waals surface area contributed by atoms with E-state index in [0.29, 0.717) is 23.3 Å². The Morgan fingerprint density at radius 1 is 1.60 bits per heavy atom. The van der Waals surface area contributed by atoms with Crippen molar-refractivity contribution >= 4 is 23.1 Å². The fourth-order valence-electron chi connectivity index (χ4n) is 1.63. The maximum Gasteiger partial charge on any atom is 0.157 e. The number of ether oxygens (including phenoxy) is 1. The largest absolute Gasteiger partial charge is 0.393 e. The molecule has 1 aliphatic rings. The third kappa shape index (κ3) is 2.13. The Kier molecular flexibility index (Phi) is 2.93. The lowest BCUT2D eigenvalue weighted by Crippen LogP contribution is -2.41. The Hall–Kier alpha value is -1.07. The molecule has 1 aromatic rings. The summed E-state index contributed by atoms with van der Waals surface area (Å²) in [6.45, 7) is 4.26. The summed E-state index contributed by atoms with van der Waals surface area (Å²) < 4.78 is 5.44. The third-order valence-electron chi connectivity index (χ3n) is 2.35. The monoisotopic (exact) mass is 228 g/mol. The zero-order chi connectivity index (χ0) is 10.8. The van der Waals surface area contributed by atoms with Crippen molar-refractivity contribution in [3.8, 4) is 0 Å². The van der Waals surface area contributed by atoms with Crippen LogP contribution in [0.4, 0.5) is 11.5 Å². The van der Waals surface area contributed by atoms with Crippen LogP contribution in [0, 0.1) is 0 Å². The summed E-state index contributed by atoms with van der Waals surface area (Å²) in [5.41, 5.74) is 6.26. The molecule has 1 aromatic heterocycles. The molecule has 1 fully saturated rings. The van der Waals surface area contributed by atoms with Gasteiger partial charge >= 0.3 is 0 Å². The molecule has 2 heterocycles. The molecular formula is C9H13ClN4O. The molecule has 5 nitrogen and oxygen atoms in total. The first-order valence-electron chi connectivity index (χ1n) is 4.81. The number of hydrogen-bond donors (Lipinski definition) is 1. The van der Waals surface area contributed by atoms with Gasteiger partial charge in [0, 0.05) is 13.1 Å². The van der Waals surface area contributed by atoms with Gasteiger partial charge in [0.05, 0.1) is 12.7 Å². The molecule has 1 unspecified atom stereocenters. The maximum atomic E-state index is 5.84. The van der Waals surface area contributed by atoms with Gasteiger partial charge in [-0.3, -0.25) is 0 Å². The van der Waals surface area contributed by atoms with Crippen molar-refractivity contribution in [2.24, 2.45) is 0 Å². The fraction of sp³-hybridized carbons (Fsp3) is 0.556. The van der Waals surface area contributed by atoms with Gasteiger partial charge in [-0.25, -0.2) is 9.97 Å².